The highest BCUT2D eigenvalue weighted by atomic mass is 16.5. The first-order valence-electron chi connectivity index (χ1n) is 7.42. The van der Waals surface area contributed by atoms with Crippen molar-refractivity contribution in [2.45, 2.75) is 20.3 Å². The third-order valence-corrected chi connectivity index (χ3v) is 3.62. The van der Waals surface area contributed by atoms with E-state index in [4.69, 9.17) is 13.9 Å². The first kappa shape index (κ1) is 16.5. The third-order valence-electron chi connectivity index (χ3n) is 3.62. The number of hydrogen-bond acceptors (Lipinski definition) is 4. The Bertz CT molecular complexity index is 633. The first-order valence-corrected chi connectivity index (χ1v) is 7.42. The van der Waals surface area contributed by atoms with Crippen LogP contribution in [0.4, 0.5) is 0 Å². The summed E-state index contributed by atoms with van der Waals surface area (Å²) in [7, 11) is 1.63. The second kappa shape index (κ2) is 7.96. The van der Waals surface area contributed by atoms with Crippen LogP contribution in [-0.4, -0.2) is 39.4 Å². The van der Waals surface area contributed by atoms with Crippen molar-refractivity contribution in [3.63, 3.8) is 0 Å². The van der Waals surface area contributed by atoms with Crippen molar-refractivity contribution < 1.29 is 18.7 Å². The van der Waals surface area contributed by atoms with Gasteiger partial charge in [-0.1, -0.05) is 0 Å². The molecule has 0 atom stereocenters. The van der Waals surface area contributed by atoms with Crippen molar-refractivity contribution in [3.8, 4) is 0 Å². The Balaban J connectivity index is 1.85. The Morgan fingerprint density at radius 2 is 1.95 bits per heavy atom. The number of hydrogen-bond donors (Lipinski definition) is 1. The summed E-state index contributed by atoms with van der Waals surface area (Å²) in [6.45, 7) is 6.19. The number of nitrogens with one attached hydrogen (secondary N) is 1. The lowest BCUT2D eigenvalue weighted by atomic mass is 10.0. The molecule has 0 fully saturated rings. The van der Waals surface area contributed by atoms with Gasteiger partial charge in [0, 0.05) is 24.6 Å². The molecular weight excluding hydrogens is 282 g/mol. The number of furan rings is 1. The number of carbonyl (C=O) groups excluding carboxylic acids is 1. The standard InChI is InChI=1S/C17H23NO4/c1-12-8-15-14(11-22-16(15)9-13(12)2)10-17(19)18-4-5-21-7-6-20-3/h8-9,11H,4-7,10H2,1-3H3,(H,18,19). The summed E-state index contributed by atoms with van der Waals surface area (Å²) in [6.07, 6.45) is 1.98. The van der Waals surface area contributed by atoms with Gasteiger partial charge in [-0.15, -0.1) is 0 Å². The molecule has 5 nitrogen and oxygen atoms in total. The zero-order valence-corrected chi connectivity index (χ0v) is 13.4. The first-order chi connectivity index (χ1) is 10.6. The second-order valence-electron chi connectivity index (χ2n) is 5.33. The van der Waals surface area contributed by atoms with Gasteiger partial charge in [0.25, 0.3) is 0 Å². The SMILES string of the molecule is COCCOCCNC(=O)Cc1coc2cc(C)c(C)cc12. The van der Waals surface area contributed by atoms with Crippen LogP contribution in [-0.2, 0) is 20.7 Å². The molecule has 2 rings (SSSR count). The van der Waals surface area contributed by atoms with Crippen LogP contribution >= 0.6 is 0 Å². The number of aryl methyl sites for hydroxylation is 2. The molecule has 0 spiro atoms. The van der Waals surface area contributed by atoms with Crippen LogP contribution in [0.2, 0.25) is 0 Å². The summed E-state index contributed by atoms with van der Waals surface area (Å²) in [4.78, 5) is 12.0. The maximum Gasteiger partial charge on any atom is 0.224 e. The predicted molar refractivity (Wildman–Crippen MR) is 85.1 cm³/mol. The van der Waals surface area contributed by atoms with Crippen molar-refractivity contribution in [1.29, 1.82) is 0 Å². The second-order valence-corrected chi connectivity index (χ2v) is 5.33. The van der Waals surface area contributed by atoms with Crippen LogP contribution in [0, 0.1) is 13.8 Å². The summed E-state index contributed by atoms with van der Waals surface area (Å²) in [6, 6.07) is 4.08. The zero-order chi connectivity index (χ0) is 15.9. The molecule has 0 radical (unpaired) electrons. The molecule has 0 saturated carbocycles. The molecule has 0 aliphatic carbocycles. The molecule has 1 amide bonds. The van der Waals surface area contributed by atoms with E-state index in [0.717, 1.165) is 16.5 Å². The van der Waals surface area contributed by atoms with Crippen molar-refractivity contribution in [2.75, 3.05) is 33.5 Å². The van der Waals surface area contributed by atoms with Gasteiger partial charge in [-0.3, -0.25) is 4.79 Å². The van der Waals surface area contributed by atoms with Crippen LogP contribution in [0.15, 0.2) is 22.8 Å². The molecule has 1 aromatic heterocycles. The molecule has 0 saturated heterocycles. The predicted octanol–water partition coefficient (Wildman–Crippen LogP) is 2.37. The fraction of sp³-hybridized carbons (Fsp3) is 0.471. The minimum absolute atomic E-state index is 0.0312. The monoisotopic (exact) mass is 305 g/mol. The summed E-state index contributed by atoms with van der Waals surface area (Å²) in [5.74, 6) is -0.0312. The van der Waals surface area contributed by atoms with Gasteiger partial charge in [-0.05, 0) is 37.1 Å². The molecule has 0 aliphatic heterocycles. The number of methoxy groups -OCH3 is 1. The van der Waals surface area contributed by atoms with E-state index in [-0.39, 0.29) is 5.91 Å². The van der Waals surface area contributed by atoms with E-state index in [1.807, 2.05) is 13.0 Å². The van der Waals surface area contributed by atoms with E-state index in [2.05, 4.69) is 18.3 Å². The summed E-state index contributed by atoms with van der Waals surface area (Å²) in [5, 5.41) is 3.85. The van der Waals surface area contributed by atoms with Gasteiger partial charge in [0.05, 0.1) is 32.5 Å². The molecule has 1 N–H and O–H groups in total. The minimum Gasteiger partial charge on any atom is -0.464 e. The third kappa shape index (κ3) is 4.32. The van der Waals surface area contributed by atoms with Crippen molar-refractivity contribution in [2.24, 2.45) is 0 Å². The van der Waals surface area contributed by atoms with Gasteiger partial charge in [-0.2, -0.15) is 0 Å². The number of fused-ring (bicyclic) bond motifs is 1. The van der Waals surface area contributed by atoms with E-state index in [1.54, 1.807) is 13.4 Å². The number of rotatable bonds is 8. The van der Waals surface area contributed by atoms with Crippen molar-refractivity contribution in [1.82, 2.24) is 5.32 Å². The van der Waals surface area contributed by atoms with E-state index in [1.165, 1.54) is 11.1 Å². The molecular formula is C17H23NO4. The largest absolute Gasteiger partial charge is 0.464 e. The number of benzene rings is 1. The molecule has 0 unspecified atom stereocenters. The van der Waals surface area contributed by atoms with E-state index in [0.29, 0.717) is 32.8 Å². The minimum atomic E-state index is -0.0312. The van der Waals surface area contributed by atoms with Gasteiger partial charge in [0.1, 0.15) is 5.58 Å². The lowest BCUT2D eigenvalue weighted by Gasteiger charge is -2.06. The fourth-order valence-electron chi connectivity index (χ4n) is 2.22. The summed E-state index contributed by atoms with van der Waals surface area (Å²) >= 11 is 0. The average Bonchev–Trinajstić information content (AvgIpc) is 2.85. The van der Waals surface area contributed by atoms with Crippen molar-refractivity contribution >= 4 is 16.9 Å². The van der Waals surface area contributed by atoms with Gasteiger partial charge >= 0.3 is 0 Å². The molecule has 0 bridgehead atoms. The van der Waals surface area contributed by atoms with Crippen LogP contribution in [0.25, 0.3) is 11.0 Å². The van der Waals surface area contributed by atoms with Crippen LogP contribution < -0.4 is 5.32 Å². The molecule has 5 heteroatoms. The highest BCUT2D eigenvalue weighted by Crippen LogP contribution is 2.25. The molecule has 1 aromatic carbocycles. The number of amides is 1. The summed E-state index contributed by atoms with van der Waals surface area (Å²) in [5.41, 5.74) is 4.12. The average molecular weight is 305 g/mol. The maximum atomic E-state index is 12.0. The Hall–Kier alpha value is -1.85. The van der Waals surface area contributed by atoms with Gasteiger partial charge < -0.3 is 19.2 Å². The van der Waals surface area contributed by atoms with E-state index < -0.39 is 0 Å². The Labute approximate surface area is 130 Å². The van der Waals surface area contributed by atoms with Gasteiger partial charge in [0.2, 0.25) is 5.91 Å². The topological polar surface area (TPSA) is 60.7 Å². The van der Waals surface area contributed by atoms with E-state index in [9.17, 15) is 4.79 Å². The molecule has 1 heterocycles. The van der Waals surface area contributed by atoms with Crippen molar-refractivity contribution in [3.05, 3.63) is 35.1 Å². The molecule has 0 aliphatic rings. The summed E-state index contributed by atoms with van der Waals surface area (Å²) < 4.78 is 15.7. The lowest BCUT2D eigenvalue weighted by molar-refractivity contribution is -0.120. The highest BCUT2D eigenvalue weighted by molar-refractivity contribution is 5.88. The lowest BCUT2D eigenvalue weighted by Crippen LogP contribution is -2.28. The van der Waals surface area contributed by atoms with Crippen LogP contribution in [0.3, 0.4) is 0 Å². The van der Waals surface area contributed by atoms with E-state index >= 15 is 0 Å². The van der Waals surface area contributed by atoms with Crippen LogP contribution in [0.1, 0.15) is 16.7 Å². The fourth-order valence-corrected chi connectivity index (χ4v) is 2.22. The smallest absolute Gasteiger partial charge is 0.224 e. The highest BCUT2D eigenvalue weighted by Gasteiger charge is 2.11. The number of ether oxygens (including phenoxy) is 2. The van der Waals surface area contributed by atoms with Gasteiger partial charge in [0.15, 0.2) is 0 Å². The normalized spacial score (nSPS) is 11.0. The zero-order valence-electron chi connectivity index (χ0n) is 13.4. The van der Waals surface area contributed by atoms with Crippen LogP contribution in [0.5, 0.6) is 0 Å². The Kier molecular flexibility index (Phi) is 5.98. The number of carbonyl (C=O) groups is 1. The molecule has 2 aromatic rings. The Morgan fingerprint density at radius 1 is 1.18 bits per heavy atom. The quantitative estimate of drug-likeness (QED) is 0.761. The maximum absolute atomic E-state index is 12.0. The Morgan fingerprint density at radius 3 is 2.73 bits per heavy atom. The molecule has 120 valence electrons. The molecule has 22 heavy (non-hydrogen) atoms. The van der Waals surface area contributed by atoms with Gasteiger partial charge in [-0.25, -0.2) is 0 Å².